The van der Waals surface area contributed by atoms with Crippen molar-refractivity contribution in [3.8, 4) is 0 Å². The van der Waals surface area contributed by atoms with Crippen molar-refractivity contribution >= 4 is 30.4 Å². The number of hydrogen-bond donors (Lipinski definition) is 1. The molecule has 0 radical (unpaired) electrons. The van der Waals surface area contributed by atoms with Crippen LogP contribution in [0, 0.1) is 11.8 Å². The predicted octanol–water partition coefficient (Wildman–Crippen LogP) is 2.60. The Hall–Kier alpha value is -3.24. The molecule has 8 nitrogen and oxygen atoms in total. The number of carbonyl (C=O) groups is 1. The third-order valence-electron chi connectivity index (χ3n) is 5.37. The van der Waals surface area contributed by atoms with E-state index in [0.29, 0.717) is 18.8 Å². The highest BCUT2D eigenvalue weighted by Gasteiger charge is 2.37. The summed E-state index contributed by atoms with van der Waals surface area (Å²) in [5, 5.41) is 0. The Balaban J connectivity index is 1.96. The number of halogens is 3. The highest BCUT2D eigenvalue weighted by Crippen LogP contribution is 2.32. The molecule has 0 spiro atoms. The van der Waals surface area contributed by atoms with Crippen LogP contribution < -0.4 is 10.6 Å². The van der Waals surface area contributed by atoms with Crippen LogP contribution in [0.5, 0.6) is 0 Å². The van der Waals surface area contributed by atoms with Gasteiger partial charge in [0.25, 0.3) is 0 Å². The van der Waals surface area contributed by atoms with E-state index >= 15 is 0 Å². The zero-order valence-corrected chi connectivity index (χ0v) is 17.3. The maximum absolute atomic E-state index is 13.1. The third-order valence-corrected chi connectivity index (χ3v) is 5.37. The fraction of sp³-hybridized carbons (Fsp3) is 0.450. The average Bonchev–Trinajstić information content (AvgIpc) is 2.72. The molecule has 1 saturated heterocycles. The first-order valence-electron chi connectivity index (χ1n) is 9.75. The molecule has 3 heterocycles. The smallest absolute Gasteiger partial charge is 0.369 e. The monoisotopic (exact) mass is 435 g/mol. The lowest BCUT2D eigenvalue weighted by molar-refractivity contribution is -0.123. The van der Waals surface area contributed by atoms with E-state index in [-0.39, 0.29) is 41.9 Å². The van der Waals surface area contributed by atoms with E-state index in [4.69, 9.17) is 5.73 Å². The van der Waals surface area contributed by atoms with Crippen LogP contribution in [0.4, 0.5) is 19.0 Å². The van der Waals surface area contributed by atoms with Gasteiger partial charge >= 0.3 is 6.18 Å². The van der Waals surface area contributed by atoms with E-state index in [0.717, 1.165) is 12.4 Å². The van der Waals surface area contributed by atoms with Crippen LogP contribution >= 0.6 is 0 Å². The van der Waals surface area contributed by atoms with Crippen LogP contribution in [0.3, 0.4) is 0 Å². The van der Waals surface area contributed by atoms with Crippen molar-refractivity contribution in [1.82, 2.24) is 14.9 Å². The molecule has 1 aromatic rings. The maximum atomic E-state index is 13.1. The quantitative estimate of drug-likeness (QED) is 0.717. The number of carbonyl (C=O) groups excluding carboxylic acids is 1. The Kier molecular flexibility index (Phi) is 6.42. The van der Waals surface area contributed by atoms with E-state index in [9.17, 15) is 18.0 Å². The van der Waals surface area contributed by atoms with Crippen LogP contribution in [-0.2, 0) is 4.79 Å². The first kappa shape index (κ1) is 22.4. The van der Waals surface area contributed by atoms with Gasteiger partial charge in [0.15, 0.2) is 11.5 Å². The van der Waals surface area contributed by atoms with Crippen LogP contribution in [0.1, 0.15) is 26.1 Å². The zero-order chi connectivity index (χ0) is 22.8. The Morgan fingerprint density at radius 2 is 2.13 bits per heavy atom. The number of nitrogens with two attached hydrogens (primary N) is 1. The van der Waals surface area contributed by atoms with Gasteiger partial charge in [0.1, 0.15) is 11.5 Å². The zero-order valence-electron chi connectivity index (χ0n) is 17.3. The Morgan fingerprint density at radius 3 is 2.77 bits per heavy atom. The molecule has 3 atom stereocenters. The van der Waals surface area contributed by atoms with Crippen LogP contribution in [0.25, 0.3) is 5.70 Å². The number of hydrogen-bond acceptors (Lipinski definition) is 7. The number of anilines is 1. The average molecular weight is 435 g/mol. The SMILES string of the molecule is C=N/C=C(/c1nccc(N2CC(C)CC(C(N)=O)C2C)n1)N1C=C(C(F)(F)F)N=CC1. The summed E-state index contributed by atoms with van der Waals surface area (Å²) in [6.45, 7) is 8.09. The highest BCUT2D eigenvalue weighted by atomic mass is 19.4. The maximum Gasteiger partial charge on any atom is 0.434 e. The molecule has 0 aliphatic carbocycles. The van der Waals surface area contributed by atoms with Gasteiger partial charge in [-0.1, -0.05) is 6.92 Å². The minimum Gasteiger partial charge on any atom is -0.369 e. The summed E-state index contributed by atoms with van der Waals surface area (Å²) < 4.78 is 39.3. The molecule has 0 saturated carbocycles. The second-order valence-corrected chi connectivity index (χ2v) is 7.65. The van der Waals surface area contributed by atoms with Gasteiger partial charge < -0.3 is 15.5 Å². The van der Waals surface area contributed by atoms with Crippen molar-refractivity contribution in [3.63, 3.8) is 0 Å². The predicted molar refractivity (Wildman–Crippen MR) is 112 cm³/mol. The molecule has 0 bridgehead atoms. The summed E-state index contributed by atoms with van der Waals surface area (Å²) in [5.74, 6) is 0.248. The fourth-order valence-electron chi connectivity index (χ4n) is 3.83. The van der Waals surface area contributed by atoms with Gasteiger partial charge in [-0.2, -0.15) is 13.2 Å². The minimum atomic E-state index is -4.59. The number of alkyl halides is 3. The molecule has 31 heavy (non-hydrogen) atoms. The van der Waals surface area contributed by atoms with Gasteiger partial charge in [-0.05, 0) is 32.0 Å². The first-order valence-corrected chi connectivity index (χ1v) is 9.75. The number of amides is 1. The van der Waals surface area contributed by atoms with Crippen LogP contribution in [0.2, 0.25) is 0 Å². The van der Waals surface area contributed by atoms with Gasteiger partial charge in [0.05, 0.1) is 18.7 Å². The molecule has 3 rings (SSSR count). The van der Waals surface area contributed by atoms with Crippen LogP contribution in [-0.4, -0.2) is 59.0 Å². The lowest BCUT2D eigenvalue weighted by atomic mass is 9.84. The molecule has 2 aliphatic heterocycles. The molecule has 1 amide bonds. The van der Waals surface area contributed by atoms with Gasteiger partial charge in [-0.15, -0.1) is 0 Å². The van der Waals surface area contributed by atoms with Crippen molar-refractivity contribution in [2.24, 2.45) is 27.6 Å². The summed E-state index contributed by atoms with van der Waals surface area (Å²) >= 11 is 0. The lowest BCUT2D eigenvalue weighted by Gasteiger charge is -2.42. The van der Waals surface area contributed by atoms with E-state index in [1.807, 2.05) is 18.7 Å². The molecule has 1 aromatic heterocycles. The molecule has 2 N–H and O–H groups in total. The Bertz CT molecular complexity index is 941. The summed E-state index contributed by atoms with van der Waals surface area (Å²) in [5.41, 5.74) is 4.79. The first-order chi connectivity index (χ1) is 14.6. The molecule has 166 valence electrons. The van der Waals surface area contributed by atoms with Gasteiger partial charge in [-0.25, -0.2) is 9.97 Å². The fourth-order valence-corrected chi connectivity index (χ4v) is 3.83. The summed E-state index contributed by atoms with van der Waals surface area (Å²) in [6.07, 6.45) is 0.975. The second kappa shape index (κ2) is 8.86. The van der Waals surface area contributed by atoms with E-state index in [1.54, 1.807) is 6.07 Å². The number of aromatic nitrogens is 2. The summed E-state index contributed by atoms with van der Waals surface area (Å²) in [6, 6.07) is 1.52. The molecule has 11 heteroatoms. The van der Waals surface area contributed by atoms with E-state index in [2.05, 4.69) is 26.7 Å². The molecule has 3 unspecified atom stereocenters. The Morgan fingerprint density at radius 1 is 1.39 bits per heavy atom. The van der Waals surface area contributed by atoms with E-state index in [1.165, 1.54) is 17.3 Å². The second-order valence-electron chi connectivity index (χ2n) is 7.65. The summed E-state index contributed by atoms with van der Waals surface area (Å²) in [4.78, 5) is 31.1. The number of nitrogens with zero attached hydrogens (tertiary/aromatic N) is 6. The molecule has 0 aromatic carbocycles. The minimum absolute atomic E-state index is 0.0927. The highest BCUT2D eigenvalue weighted by molar-refractivity contribution is 5.78. The summed E-state index contributed by atoms with van der Waals surface area (Å²) in [7, 11) is 0. The van der Waals surface area contributed by atoms with Crippen molar-refractivity contribution < 1.29 is 18.0 Å². The number of rotatable bonds is 5. The lowest BCUT2D eigenvalue weighted by Crippen LogP contribution is -2.51. The topological polar surface area (TPSA) is 100 Å². The molecule has 2 aliphatic rings. The van der Waals surface area contributed by atoms with Crippen molar-refractivity contribution in [1.29, 1.82) is 0 Å². The normalized spacial score (nSPS) is 24.7. The van der Waals surface area contributed by atoms with Crippen LogP contribution in [0.15, 0.2) is 40.3 Å². The third kappa shape index (κ3) is 4.92. The largest absolute Gasteiger partial charge is 0.434 e. The van der Waals surface area contributed by atoms with Crippen molar-refractivity contribution in [3.05, 3.63) is 36.2 Å². The van der Waals surface area contributed by atoms with Crippen molar-refractivity contribution in [2.45, 2.75) is 32.5 Å². The number of piperidine rings is 1. The van der Waals surface area contributed by atoms with Crippen molar-refractivity contribution in [2.75, 3.05) is 18.0 Å². The number of primary amides is 1. The van der Waals surface area contributed by atoms with Gasteiger partial charge in [0, 0.05) is 31.2 Å². The molecular formula is C20H24F3N7O. The number of aliphatic imine (C=N–C) groups is 2. The standard InChI is InChI=1S/C20H24F3N7O/c1-12-8-14(18(24)31)13(2)30(10-12)17-4-5-27-19(28-17)15(9-25-3)29-7-6-26-16(11-29)20(21,22)23/h4-6,9,11-14H,3,7-8,10H2,1-2H3,(H2,24,31)/b15-9-. The van der Waals surface area contributed by atoms with E-state index < -0.39 is 11.9 Å². The van der Waals surface area contributed by atoms with Gasteiger partial charge in [0.2, 0.25) is 5.91 Å². The molecule has 1 fully saturated rings. The Labute approximate surface area is 178 Å². The molecular weight excluding hydrogens is 411 g/mol. The van der Waals surface area contributed by atoms with Gasteiger partial charge in [-0.3, -0.25) is 14.8 Å². The number of allylic oxidation sites excluding steroid dienone is 1.